The lowest BCUT2D eigenvalue weighted by molar-refractivity contribution is -0.142. The molecule has 1 atom stereocenters. The number of carbonyl (C=O) groups is 2. The monoisotopic (exact) mass is 339 g/mol. The van der Waals surface area contributed by atoms with Gasteiger partial charge in [-0.05, 0) is 29.3 Å². The number of benzene rings is 2. The highest BCUT2D eigenvalue weighted by Gasteiger charge is 2.35. The topological polar surface area (TPSA) is 76.1 Å². The number of nitrogens with zero attached hydrogens (tertiary/aromatic N) is 1. The average Bonchev–Trinajstić information content (AvgIpc) is 2.66. The molecule has 0 radical (unpaired) electrons. The van der Waals surface area contributed by atoms with E-state index in [-0.39, 0.29) is 12.5 Å². The van der Waals surface area contributed by atoms with Crippen LogP contribution >= 0.6 is 0 Å². The molecule has 2 heterocycles. The second-order valence-corrected chi connectivity index (χ2v) is 6.12. The number of fused-ring (bicyclic) bond motifs is 2. The van der Waals surface area contributed by atoms with Gasteiger partial charge in [-0.3, -0.25) is 4.79 Å². The lowest BCUT2D eigenvalue weighted by Gasteiger charge is -2.34. The minimum Gasteiger partial charge on any atom is -0.486 e. The molecule has 2 aromatic carbocycles. The van der Waals surface area contributed by atoms with Crippen LogP contribution in [0, 0.1) is 0 Å². The lowest BCUT2D eigenvalue weighted by atomic mass is 9.93. The SMILES string of the molecule is O=C(O)[C@@H]1Cc2ccccc2CN1C(=O)c1ccc2c(c1)OCCO2. The molecular weight excluding hydrogens is 322 g/mol. The highest BCUT2D eigenvalue weighted by molar-refractivity contribution is 5.97. The molecule has 4 rings (SSSR count). The molecule has 1 amide bonds. The molecule has 1 N–H and O–H groups in total. The summed E-state index contributed by atoms with van der Waals surface area (Å²) in [6, 6.07) is 11.7. The van der Waals surface area contributed by atoms with Gasteiger partial charge >= 0.3 is 5.97 Å². The van der Waals surface area contributed by atoms with Crippen LogP contribution in [0.1, 0.15) is 21.5 Å². The fourth-order valence-electron chi connectivity index (χ4n) is 3.30. The summed E-state index contributed by atoms with van der Waals surface area (Å²) < 4.78 is 11.0. The van der Waals surface area contributed by atoms with E-state index in [1.54, 1.807) is 18.2 Å². The molecule has 0 unspecified atom stereocenters. The van der Waals surface area contributed by atoms with Crippen LogP contribution in [0.4, 0.5) is 0 Å². The summed E-state index contributed by atoms with van der Waals surface area (Å²) in [5.74, 6) is -0.206. The maximum atomic E-state index is 13.0. The number of ether oxygens (including phenoxy) is 2. The summed E-state index contributed by atoms with van der Waals surface area (Å²) in [7, 11) is 0. The van der Waals surface area contributed by atoms with Gasteiger partial charge in [0.1, 0.15) is 19.3 Å². The molecule has 0 aromatic heterocycles. The molecule has 0 aliphatic carbocycles. The van der Waals surface area contributed by atoms with Crippen molar-refractivity contribution in [2.75, 3.05) is 13.2 Å². The maximum absolute atomic E-state index is 13.0. The normalized spacial score (nSPS) is 18.4. The van der Waals surface area contributed by atoms with Crippen LogP contribution < -0.4 is 9.47 Å². The number of amides is 1. The van der Waals surface area contributed by atoms with Crippen LogP contribution in [0.2, 0.25) is 0 Å². The van der Waals surface area contributed by atoms with E-state index in [1.165, 1.54) is 4.90 Å². The molecule has 128 valence electrons. The van der Waals surface area contributed by atoms with Crippen molar-refractivity contribution in [2.24, 2.45) is 0 Å². The second-order valence-electron chi connectivity index (χ2n) is 6.12. The third-order valence-corrected chi connectivity index (χ3v) is 4.58. The summed E-state index contributed by atoms with van der Waals surface area (Å²) in [6.45, 7) is 1.18. The van der Waals surface area contributed by atoms with Crippen molar-refractivity contribution in [1.29, 1.82) is 0 Å². The zero-order valence-corrected chi connectivity index (χ0v) is 13.5. The van der Waals surface area contributed by atoms with E-state index in [4.69, 9.17) is 9.47 Å². The standard InChI is InChI=1S/C19H17NO5/c21-18(13-5-6-16-17(10-13)25-8-7-24-16)20-11-14-4-2-1-3-12(14)9-15(20)19(22)23/h1-6,10,15H,7-9,11H2,(H,22,23)/t15-/m0/s1. The fourth-order valence-corrected chi connectivity index (χ4v) is 3.30. The van der Waals surface area contributed by atoms with Gasteiger partial charge in [0.2, 0.25) is 0 Å². The largest absolute Gasteiger partial charge is 0.486 e. The number of carboxylic acid groups (broad SMARTS) is 1. The van der Waals surface area contributed by atoms with Gasteiger partial charge in [0, 0.05) is 18.5 Å². The molecule has 2 aliphatic rings. The molecular formula is C19H17NO5. The summed E-state index contributed by atoms with van der Waals surface area (Å²) in [4.78, 5) is 26.1. The number of hydrogen-bond acceptors (Lipinski definition) is 4. The van der Waals surface area contributed by atoms with Gasteiger partial charge < -0.3 is 19.5 Å². The van der Waals surface area contributed by atoms with Crippen LogP contribution in [0.15, 0.2) is 42.5 Å². The van der Waals surface area contributed by atoms with Gasteiger partial charge in [-0.15, -0.1) is 0 Å². The van der Waals surface area contributed by atoms with Crippen LogP contribution in [-0.2, 0) is 17.8 Å². The predicted octanol–water partition coefficient (Wildman–Crippen LogP) is 2.11. The Morgan fingerprint density at radius 2 is 1.72 bits per heavy atom. The van der Waals surface area contributed by atoms with E-state index < -0.39 is 12.0 Å². The molecule has 0 fully saturated rings. The number of aliphatic carboxylic acids is 1. The zero-order chi connectivity index (χ0) is 17.4. The van der Waals surface area contributed by atoms with Gasteiger partial charge in [-0.1, -0.05) is 24.3 Å². The number of carbonyl (C=O) groups excluding carboxylic acids is 1. The Morgan fingerprint density at radius 3 is 2.48 bits per heavy atom. The summed E-state index contributed by atoms with van der Waals surface area (Å²) in [5.41, 5.74) is 2.35. The van der Waals surface area contributed by atoms with E-state index in [0.717, 1.165) is 11.1 Å². The molecule has 25 heavy (non-hydrogen) atoms. The quantitative estimate of drug-likeness (QED) is 0.907. The third kappa shape index (κ3) is 2.80. The van der Waals surface area contributed by atoms with Crippen molar-refractivity contribution < 1.29 is 24.2 Å². The van der Waals surface area contributed by atoms with Crippen molar-refractivity contribution in [3.05, 3.63) is 59.2 Å². The first-order chi connectivity index (χ1) is 12.1. The zero-order valence-electron chi connectivity index (χ0n) is 13.5. The molecule has 2 aliphatic heterocycles. The average molecular weight is 339 g/mol. The highest BCUT2D eigenvalue weighted by atomic mass is 16.6. The number of rotatable bonds is 2. The van der Waals surface area contributed by atoms with E-state index in [2.05, 4.69) is 0 Å². The molecule has 6 heteroatoms. The van der Waals surface area contributed by atoms with Gasteiger partial charge in [0.15, 0.2) is 11.5 Å². The minimum atomic E-state index is -1.000. The van der Waals surface area contributed by atoms with Gasteiger partial charge in [0.25, 0.3) is 5.91 Å². The Labute approximate surface area is 144 Å². The maximum Gasteiger partial charge on any atom is 0.326 e. The summed E-state index contributed by atoms with van der Waals surface area (Å²) in [6.07, 6.45) is 0.307. The number of carboxylic acids is 1. The Balaban J connectivity index is 1.67. The van der Waals surface area contributed by atoms with Crippen LogP contribution in [0.25, 0.3) is 0 Å². The Hall–Kier alpha value is -3.02. The second kappa shape index (κ2) is 6.12. The molecule has 0 saturated heterocycles. The van der Waals surface area contributed by atoms with E-state index in [0.29, 0.717) is 36.7 Å². The first-order valence-electron chi connectivity index (χ1n) is 8.13. The number of hydrogen-bond donors (Lipinski definition) is 1. The van der Waals surface area contributed by atoms with Gasteiger partial charge in [-0.2, -0.15) is 0 Å². The summed E-state index contributed by atoms with van der Waals surface area (Å²) in [5, 5.41) is 9.58. The fraction of sp³-hybridized carbons (Fsp3) is 0.263. The van der Waals surface area contributed by atoms with Crippen molar-refractivity contribution >= 4 is 11.9 Å². The molecule has 2 aromatic rings. The minimum absolute atomic E-state index is 0.278. The smallest absolute Gasteiger partial charge is 0.326 e. The third-order valence-electron chi connectivity index (χ3n) is 4.58. The first kappa shape index (κ1) is 15.5. The van der Waals surface area contributed by atoms with Gasteiger partial charge in [-0.25, -0.2) is 4.79 Å². The van der Waals surface area contributed by atoms with E-state index in [1.807, 2.05) is 24.3 Å². The Morgan fingerprint density at radius 1 is 1.00 bits per heavy atom. The Kier molecular flexibility index (Phi) is 3.80. The van der Waals surface area contributed by atoms with Gasteiger partial charge in [0.05, 0.1) is 0 Å². The van der Waals surface area contributed by atoms with Crippen LogP contribution in [0.3, 0.4) is 0 Å². The summed E-state index contributed by atoms with van der Waals surface area (Å²) >= 11 is 0. The highest BCUT2D eigenvalue weighted by Crippen LogP contribution is 2.32. The predicted molar refractivity (Wildman–Crippen MR) is 88.9 cm³/mol. The molecule has 6 nitrogen and oxygen atoms in total. The van der Waals surface area contributed by atoms with Crippen LogP contribution in [0.5, 0.6) is 11.5 Å². The molecule has 0 spiro atoms. The first-order valence-corrected chi connectivity index (χ1v) is 8.13. The van der Waals surface area contributed by atoms with E-state index >= 15 is 0 Å². The molecule has 0 bridgehead atoms. The van der Waals surface area contributed by atoms with Crippen molar-refractivity contribution in [1.82, 2.24) is 4.90 Å². The van der Waals surface area contributed by atoms with Crippen molar-refractivity contribution in [2.45, 2.75) is 19.0 Å². The van der Waals surface area contributed by atoms with Crippen molar-refractivity contribution in [3.63, 3.8) is 0 Å². The molecule has 0 saturated carbocycles. The Bertz CT molecular complexity index is 847. The van der Waals surface area contributed by atoms with E-state index in [9.17, 15) is 14.7 Å². The lowest BCUT2D eigenvalue weighted by Crippen LogP contribution is -2.48. The van der Waals surface area contributed by atoms with Crippen molar-refractivity contribution in [3.8, 4) is 11.5 Å². The van der Waals surface area contributed by atoms with Crippen LogP contribution in [-0.4, -0.2) is 41.1 Å².